The van der Waals surface area contributed by atoms with Crippen molar-refractivity contribution in [3.8, 4) is 0 Å². The highest BCUT2D eigenvalue weighted by molar-refractivity contribution is 5.70. The van der Waals surface area contributed by atoms with E-state index in [1.807, 2.05) is 0 Å². The molecule has 0 spiro atoms. The van der Waals surface area contributed by atoms with E-state index < -0.39 is 49.4 Å². The summed E-state index contributed by atoms with van der Waals surface area (Å²) in [6.07, 6.45) is 39.7. The Morgan fingerprint density at radius 3 is 1.51 bits per heavy atom. The van der Waals surface area contributed by atoms with E-state index in [0.29, 0.717) is 6.42 Å². The Morgan fingerprint density at radius 1 is 0.542 bits per heavy atom. The van der Waals surface area contributed by atoms with Crippen molar-refractivity contribution in [1.82, 2.24) is 0 Å². The molecule has 342 valence electrons. The minimum atomic E-state index is -1.60. The number of aliphatic hydroxyl groups excluding tert-OH is 4. The number of hydrogen-bond donors (Lipinski definition) is 4. The smallest absolute Gasteiger partial charge is 0.306 e. The fraction of sp³-hybridized carbons (Fsp3) is 0.796. The number of allylic oxidation sites excluding steroid dienone is 8. The maximum Gasteiger partial charge on any atom is 0.306 e. The zero-order valence-corrected chi connectivity index (χ0v) is 37.2. The van der Waals surface area contributed by atoms with Crippen molar-refractivity contribution in [2.24, 2.45) is 0 Å². The normalized spacial score (nSPS) is 20.4. The Morgan fingerprint density at radius 2 is 1.00 bits per heavy atom. The van der Waals surface area contributed by atoms with Crippen molar-refractivity contribution < 1.29 is 49.0 Å². The first kappa shape index (κ1) is 54.7. The number of carbonyl (C=O) groups is 2. The lowest BCUT2D eigenvalue weighted by molar-refractivity contribution is -0.305. The average Bonchev–Trinajstić information content (AvgIpc) is 3.23. The molecule has 1 aliphatic rings. The highest BCUT2D eigenvalue weighted by Gasteiger charge is 2.44. The number of carbonyl (C=O) groups excluding carboxylic acids is 2. The van der Waals surface area contributed by atoms with Gasteiger partial charge in [-0.2, -0.15) is 0 Å². The van der Waals surface area contributed by atoms with Crippen LogP contribution in [-0.2, 0) is 28.5 Å². The molecule has 0 saturated carbocycles. The van der Waals surface area contributed by atoms with Crippen LogP contribution in [0.1, 0.15) is 194 Å². The first-order valence-electron chi connectivity index (χ1n) is 23.7. The van der Waals surface area contributed by atoms with Crippen LogP contribution in [0.3, 0.4) is 0 Å². The van der Waals surface area contributed by atoms with Crippen LogP contribution in [0.2, 0.25) is 0 Å². The zero-order chi connectivity index (χ0) is 43.0. The van der Waals surface area contributed by atoms with Gasteiger partial charge in [0.25, 0.3) is 0 Å². The van der Waals surface area contributed by atoms with Gasteiger partial charge in [0.05, 0.1) is 13.2 Å². The lowest BCUT2D eigenvalue weighted by Crippen LogP contribution is -2.59. The molecule has 0 radical (unpaired) electrons. The van der Waals surface area contributed by atoms with Gasteiger partial charge in [0.15, 0.2) is 12.4 Å². The molecule has 0 aromatic rings. The standard InChI is InChI=1S/C49H86O10/c1-3-5-7-9-11-13-15-17-18-19-20-21-22-23-24-26-28-30-32-34-36-38-45(52)58-42(41-57-49-48(55)47(54)46(53)43(39-50)59-49)40-56-44(51)37-35-33-31-29-27-25-16-14-12-10-8-6-4-2/h5,7,11,13,17-18,20-21,42-43,46-50,53-55H,3-4,6,8-10,12,14-16,19,22-41H2,1-2H3/b7-5-,13-11-,18-17-,21-20-. The van der Waals surface area contributed by atoms with E-state index in [1.165, 1.54) is 89.9 Å². The Balaban J connectivity index is 2.29. The molecule has 1 saturated heterocycles. The van der Waals surface area contributed by atoms with Crippen molar-refractivity contribution in [2.45, 2.75) is 230 Å². The highest BCUT2D eigenvalue weighted by Crippen LogP contribution is 2.23. The molecule has 1 aliphatic heterocycles. The van der Waals surface area contributed by atoms with E-state index in [-0.39, 0.29) is 32.0 Å². The first-order valence-corrected chi connectivity index (χ1v) is 23.7. The third-order valence-corrected chi connectivity index (χ3v) is 10.7. The molecule has 0 aromatic carbocycles. The van der Waals surface area contributed by atoms with Crippen LogP contribution in [-0.4, -0.2) is 89.0 Å². The molecular formula is C49H86O10. The van der Waals surface area contributed by atoms with Gasteiger partial charge in [-0.25, -0.2) is 0 Å². The number of esters is 2. The fourth-order valence-corrected chi connectivity index (χ4v) is 7.00. The van der Waals surface area contributed by atoms with Gasteiger partial charge in [0.2, 0.25) is 0 Å². The summed E-state index contributed by atoms with van der Waals surface area (Å²) in [5, 5.41) is 40.1. The Bertz CT molecular complexity index is 1100. The van der Waals surface area contributed by atoms with Crippen molar-refractivity contribution in [1.29, 1.82) is 0 Å². The molecule has 0 bridgehead atoms. The van der Waals surface area contributed by atoms with E-state index in [9.17, 15) is 30.0 Å². The van der Waals surface area contributed by atoms with Gasteiger partial charge >= 0.3 is 11.9 Å². The van der Waals surface area contributed by atoms with E-state index in [1.54, 1.807) is 0 Å². The maximum absolute atomic E-state index is 12.8. The highest BCUT2D eigenvalue weighted by atomic mass is 16.7. The van der Waals surface area contributed by atoms with Gasteiger partial charge in [-0.1, -0.05) is 178 Å². The minimum Gasteiger partial charge on any atom is -0.462 e. The predicted molar refractivity (Wildman–Crippen MR) is 238 cm³/mol. The van der Waals surface area contributed by atoms with Crippen LogP contribution in [0, 0.1) is 0 Å². The van der Waals surface area contributed by atoms with E-state index in [0.717, 1.165) is 70.6 Å². The number of ether oxygens (including phenoxy) is 4. The molecule has 10 nitrogen and oxygen atoms in total. The summed E-state index contributed by atoms with van der Waals surface area (Å²) in [4.78, 5) is 25.4. The summed E-state index contributed by atoms with van der Waals surface area (Å²) in [5.41, 5.74) is 0. The molecule has 1 fully saturated rings. The Hall–Kier alpha value is -2.34. The van der Waals surface area contributed by atoms with Crippen LogP contribution < -0.4 is 0 Å². The van der Waals surface area contributed by atoms with Crippen molar-refractivity contribution in [3.05, 3.63) is 48.6 Å². The molecule has 1 heterocycles. The van der Waals surface area contributed by atoms with Gasteiger partial charge < -0.3 is 39.4 Å². The lowest BCUT2D eigenvalue weighted by Gasteiger charge is -2.39. The number of rotatable bonds is 39. The predicted octanol–water partition coefficient (Wildman–Crippen LogP) is 10.4. The summed E-state index contributed by atoms with van der Waals surface area (Å²) in [6.45, 7) is 3.31. The van der Waals surface area contributed by atoms with Crippen LogP contribution in [0.5, 0.6) is 0 Å². The van der Waals surface area contributed by atoms with Gasteiger partial charge in [-0.05, 0) is 51.4 Å². The number of aliphatic hydroxyl groups is 4. The second-order valence-corrected chi connectivity index (χ2v) is 16.2. The molecule has 10 heteroatoms. The number of unbranched alkanes of at least 4 members (excludes halogenated alkanes) is 20. The summed E-state index contributed by atoms with van der Waals surface area (Å²) in [5.74, 6) is -0.813. The number of hydrogen-bond acceptors (Lipinski definition) is 10. The molecule has 0 aliphatic carbocycles. The monoisotopic (exact) mass is 835 g/mol. The molecule has 6 unspecified atom stereocenters. The second-order valence-electron chi connectivity index (χ2n) is 16.2. The van der Waals surface area contributed by atoms with E-state index >= 15 is 0 Å². The van der Waals surface area contributed by atoms with Gasteiger partial charge in [0, 0.05) is 12.8 Å². The van der Waals surface area contributed by atoms with Crippen molar-refractivity contribution in [3.63, 3.8) is 0 Å². The minimum absolute atomic E-state index is 0.220. The Kier molecular flexibility index (Phi) is 36.9. The fourth-order valence-electron chi connectivity index (χ4n) is 7.00. The zero-order valence-electron chi connectivity index (χ0n) is 37.2. The Labute approximate surface area is 358 Å². The van der Waals surface area contributed by atoms with E-state index in [2.05, 4.69) is 62.5 Å². The van der Waals surface area contributed by atoms with Crippen LogP contribution >= 0.6 is 0 Å². The summed E-state index contributed by atoms with van der Waals surface area (Å²) < 4.78 is 22.2. The molecule has 1 rings (SSSR count). The topological polar surface area (TPSA) is 152 Å². The second kappa shape index (κ2) is 39.8. The lowest BCUT2D eigenvalue weighted by atomic mass is 9.99. The largest absolute Gasteiger partial charge is 0.462 e. The average molecular weight is 835 g/mol. The van der Waals surface area contributed by atoms with Crippen molar-refractivity contribution in [2.75, 3.05) is 19.8 Å². The van der Waals surface area contributed by atoms with Crippen LogP contribution in [0.25, 0.3) is 0 Å². The van der Waals surface area contributed by atoms with Crippen molar-refractivity contribution >= 4 is 11.9 Å². The SMILES string of the molecule is CC/C=C\C/C=C\C/C=C\C/C=C\CCCCCCCCCCC(=O)OC(COC(=O)CCCCCCCCCCCCCCC)COC1OC(CO)C(O)C(O)C1O. The summed E-state index contributed by atoms with van der Waals surface area (Å²) >= 11 is 0. The van der Waals surface area contributed by atoms with Gasteiger partial charge in [-0.3, -0.25) is 9.59 Å². The summed E-state index contributed by atoms with van der Waals surface area (Å²) in [7, 11) is 0. The van der Waals surface area contributed by atoms with Crippen LogP contribution in [0.4, 0.5) is 0 Å². The molecule has 6 atom stereocenters. The molecule has 0 aromatic heterocycles. The van der Waals surface area contributed by atoms with E-state index in [4.69, 9.17) is 18.9 Å². The molecule has 4 N–H and O–H groups in total. The third kappa shape index (κ3) is 31.2. The van der Waals surface area contributed by atoms with Gasteiger partial charge in [-0.15, -0.1) is 0 Å². The quantitative estimate of drug-likeness (QED) is 0.0267. The molecular weight excluding hydrogens is 749 g/mol. The molecule has 0 amide bonds. The third-order valence-electron chi connectivity index (χ3n) is 10.7. The maximum atomic E-state index is 12.8. The van der Waals surface area contributed by atoms with Gasteiger partial charge in [0.1, 0.15) is 31.0 Å². The van der Waals surface area contributed by atoms with Crippen LogP contribution in [0.15, 0.2) is 48.6 Å². The summed E-state index contributed by atoms with van der Waals surface area (Å²) in [6, 6.07) is 0. The first-order chi connectivity index (χ1) is 28.8. The molecule has 59 heavy (non-hydrogen) atoms.